The molecular formula is C16H23ClF2N2O3. The van der Waals surface area contributed by atoms with Crippen LogP contribution < -0.4 is 15.4 Å². The monoisotopic (exact) mass is 364 g/mol. The first-order chi connectivity index (χ1) is 10.9. The zero-order valence-electron chi connectivity index (χ0n) is 13.5. The maximum atomic E-state index is 13.0. The van der Waals surface area contributed by atoms with Crippen molar-refractivity contribution in [2.75, 3.05) is 26.2 Å². The predicted octanol–water partition coefficient (Wildman–Crippen LogP) is 1.63. The van der Waals surface area contributed by atoms with Gasteiger partial charge in [-0.1, -0.05) is 0 Å². The summed E-state index contributed by atoms with van der Waals surface area (Å²) in [6, 6.07) is 3.14. The summed E-state index contributed by atoms with van der Waals surface area (Å²) in [6.45, 7) is 3.32. The van der Waals surface area contributed by atoms with Gasteiger partial charge in [-0.2, -0.15) is 0 Å². The summed E-state index contributed by atoms with van der Waals surface area (Å²) in [5, 5.41) is 15.7. The van der Waals surface area contributed by atoms with Crippen molar-refractivity contribution in [2.24, 2.45) is 5.41 Å². The minimum atomic E-state index is -1.01. The smallest absolute Gasteiger partial charge is 0.227 e. The molecule has 0 aliphatic carbocycles. The van der Waals surface area contributed by atoms with Gasteiger partial charge >= 0.3 is 0 Å². The normalized spacial score (nSPS) is 21.5. The summed E-state index contributed by atoms with van der Waals surface area (Å²) in [4.78, 5) is 12.2. The summed E-state index contributed by atoms with van der Waals surface area (Å²) >= 11 is 0. The van der Waals surface area contributed by atoms with Crippen LogP contribution in [0.25, 0.3) is 0 Å². The molecule has 136 valence electrons. The van der Waals surface area contributed by atoms with Crippen LogP contribution in [0.5, 0.6) is 5.75 Å². The van der Waals surface area contributed by atoms with Crippen molar-refractivity contribution in [3.05, 3.63) is 29.8 Å². The summed E-state index contributed by atoms with van der Waals surface area (Å²) in [5.41, 5.74) is -0.473. The lowest BCUT2D eigenvalue weighted by Gasteiger charge is -2.32. The molecule has 1 saturated heterocycles. The Hall–Kier alpha value is -1.44. The molecule has 1 amide bonds. The molecular weight excluding hydrogens is 342 g/mol. The molecule has 5 nitrogen and oxygen atoms in total. The van der Waals surface area contributed by atoms with E-state index in [-0.39, 0.29) is 37.2 Å². The highest BCUT2D eigenvalue weighted by atomic mass is 35.5. The second-order valence-corrected chi connectivity index (χ2v) is 6.09. The number of rotatable bonds is 6. The van der Waals surface area contributed by atoms with Crippen molar-refractivity contribution in [2.45, 2.75) is 25.9 Å². The fourth-order valence-corrected chi connectivity index (χ4v) is 2.49. The zero-order chi connectivity index (χ0) is 16.9. The van der Waals surface area contributed by atoms with Gasteiger partial charge in [-0.15, -0.1) is 12.4 Å². The van der Waals surface area contributed by atoms with Gasteiger partial charge in [0.1, 0.15) is 18.5 Å². The van der Waals surface area contributed by atoms with E-state index in [2.05, 4.69) is 10.6 Å². The van der Waals surface area contributed by atoms with Crippen molar-refractivity contribution >= 4 is 18.3 Å². The molecule has 8 heteroatoms. The van der Waals surface area contributed by atoms with Gasteiger partial charge in [0.15, 0.2) is 11.6 Å². The summed E-state index contributed by atoms with van der Waals surface area (Å²) < 4.78 is 31.0. The lowest BCUT2D eigenvalue weighted by atomic mass is 9.82. The van der Waals surface area contributed by atoms with E-state index in [1.807, 2.05) is 6.92 Å². The van der Waals surface area contributed by atoms with E-state index in [9.17, 15) is 18.7 Å². The summed E-state index contributed by atoms with van der Waals surface area (Å²) in [5.74, 6) is -1.96. The van der Waals surface area contributed by atoms with Gasteiger partial charge in [-0.25, -0.2) is 8.78 Å². The average Bonchev–Trinajstić information content (AvgIpc) is 2.54. The van der Waals surface area contributed by atoms with E-state index in [1.54, 1.807) is 0 Å². The molecule has 24 heavy (non-hydrogen) atoms. The third kappa shape index (κ3) is 5.58. The number of nitrogens with one attached hydrogen (secondary N) is 2. The number of amides is 1. The number of carbonyl (C=O) groups is 1. The number of aliphatic hydroxyl groups is 1. The second-order valence-electron chi connectivity index (χ2n) is 6.09. The number of aliphatic hydroxyl groups excluding tert-OH is 1. The highest BCUT2D eigenvalue weighted by Gasteiger charge is 2.34. The molecule has 2 atom stereocenters. The van der Waals surface area contributed by atoms with E-state index in [0.717, 1.165) is 31.5 Å². The average molecular weight is 365 g/mol. The van der Waals surface area contributed by atoms with Gasteiger partial charge in [0.2, 0.25) is 5.91 Å². The van der Waals surface area contributed by atoms with Gasteiger partial charge in [-0.05, 0) is 38.4 Å². The van der Waals surface area contributed by atoms with Crippen LogP contribution in [0.4, 0.5) is 8.78 Å². The van der Waals surface area contributed by atoms with Crippen LogP contribution in [0.1, 0.15) is 19.8 Å². The van der Waals surface area contributed by atoms with Crippen molar-refractivity contribution in [3.63, 3.8) is 0 Å². The summed E-state index contributed by atoms with van der Waals surface area (Å²) in [6.07, 6.45) is 0.797. The minimum absolute atomic E-state index is 0. The zero-order valence-corrected chi connectivity index (χ0v) is 14.3. The Morgan fingerprint density at radius 3 is 2.83 bits per heavy atom. The molecule has 0 aromatic heterocycles. The molecule has 1 fully saturated rings. The maximum Gasteiger partial charge on any atom is 0.227 e. The first kappa shape index (κ1) is 20.6. The van der Waals surface area contributed by atoms with Crippen LogP contribution in [0, 0.1) is 17.0 Å². The Bertz CT molecular complexity index is 554. The molecule has 1 aromatic rings. The van der Waals surface area contributed by atoms with Crippen molar-refractivity contribution in [1.29, 1.82) is 0 Å². The van der Waals surface area contributed by atoms with E-state index >= 15 is 0 Å². The second kappa shape index (κ2) is 9.15. The van der Waals surface area contributed by atoms with Crippen molar-refractivity contribution in [1.82, 2.24) is 10.6 Å². The van der Waals surface area contributed by atoms with E-state index in [4.69, 9.17) is 4.74 Å². The molecule has 0 saturated carbocycles. The summed E-state index contributed by atoms with van der Waals surface area (Å²) in [7, 11) is 0. The highest BCUT2D eigenvalue weighted by Crippen LogP contribution is 2.25. The quantitative estimate of drug-likeness (QED) is 0.717. The van der Waals surface area contributed by atoms with Crippen LogP contribution in [0.2, 0.25) is 0 Å². The maximum absolute atomic E-state index is 13.0. The van der Waals surface area contributed by atoms with Gasteiger partial charge in [0.05, 0.1) is 5.41 Å². The molecule has 3 N–H and O–H groups in total. The first-order valence-electron chi connectivity index (χ1n) is 7.66. The van der Waals surface area contributed by atoms with Crippen LogP contribution in [0.15, 0.2) is 18.2 Å². The minimum Gasteiger partial charge on any atom is -0.491 e. The SMILES string of the molecule is CC1(C(=O)NCC(O)COc2ccc(F)c(F)c2)CCCNC1.Cl. The topological polar surface area (TPSA) is 70.6 Å². The number of halogens is 3. The number of piperidine rings is 1. The molecule has 2 rings (SSSR count). The highest BCUT2D eigenvalue weighted by molar-refractivity contribution is 5.85. The first-order valence-corrected chi connectivity index (χ1v) is 7.66. The van der Waals surface area contributed by atoms with Crippen LogP contribution in [0.3, 0.4) is 0 Å². The Morgan fingerprint density at radius 2 is 2.21 bits per heavy atom. The number of carbonyl (C=O) groups excluding carboxylic acids is 1. The molecule has 0 radical (unpaired) electrons. The number of ether oxygens (including phenoxy) is 1. The molecule has 1 heterocycles. The standard InChI is InChI=1S/C16H22F2N2O3.ClH/c1-16(5-2-6-19-10-16)15(22)20-8-11(21)9-23-12-3-4-13(17)14(18)7-12;/h3-4,7,11,19,21H,2,5-6,8-10H2,1H3,(H,20,22);1H. The van der Waals surface area contributed by atoms with Gasteiger partial charge in [0.25, 0.3) is 0 Å². The fourth-order valence-electron chi connectivity index (χ4n) is 2.49. The van der Waals surface area contributed by atoms with Gasteiger partial charge in [0, 0.05) is 19.2 Å². The Balaban J connectivity index is 0.00000288. The van der Waals surface area contributed by atoms with E-state index in [0.29, 0.717) is 6.54 Å². The van der Waals surface area contributed by atoms with Crippen LogP contribution >= 0.6 is 12.4 Å². The largest absolute Gasteiger partial charge is 0.491 e. The van der Waals surface area contributed by atoms with E-state index < -0.39 is 23.2 Å². The Kier molecular flexibility index (Phi) is 7.86. The molecule has 0 spiro atoms. The molecule has 2 unspecified atom stereocenters. The van der Waals surface area contributed by atoms with Crippen molar-refractivity contribution in [3.8, 4) is 5.75 Å². The number of benzene rings is 1. The molecule has 1 aromatic carbocycles. The lowest BCUT2D eigenvalue weighted by Crippen LogP contribution is -2.50. The Labute approximate surface area is 146 Å². The van der Waals surface area contributed by atoms with Gasteiger partial charge < -0.3 is 20.5 Å². The van der Waals surface area contributed by atoms with Crippen LogP contribution in [-0.4, -0.2) is 43.4 Å². The van der Waals surface area contributed by atoms with Crippen molar-refractivity contribution < 1.29 is 23.4 Å². The lowest BCUT2D eigenvalue weighted by molar-refractivity contribution is -0.131. The van der Waals surface area contributed by atoms with Gasteiger partial charge in [-0.3, -0.25) is 4.79 Å². The number of hydrogen-bond donors (Lipinski definition) is 3. The molecule has 1 aliphatic heterocycles. The van der Waals surface area contributed by atoms with Crippen LogP contribution in [-0.2, 0) is 4.79 Å². The third-order valence-corrected chi connectivity index (χ3v) is 3.98. The number of hydrogen-bond acceptors (Lipinski definition) is 4. The molecule has 0 bridgehead atoms. The third-order valence-electron chi connectivity index (χ3n) is 3.98. The fraction of sp³-hybridized carbons (Fsp3) is 0.562. The Morgan fingerprint density at radius 1 is 1.46 bits per heavy atom. The van der Waals surface area contributed by atoms with E-state index in [1.165, 1.54) is 6.07 Å². The predicted molar refractivity (Wildman–Crippen MR) is 88.3 cm³/mol. The molecule has 1 aliphatic rings.